The molecule has 3 aromatic rings. The Morgan fingerprint density at radius 3 is 2.85 bits per heavy atom. The molecule has 0 unspecified atom stereocenters. The Morgan fingerprint density at radius 1 is 1.42 bits per heavy atom. The highest BCUT2D eigenvalue weighted by Crippen LogP contribution is 2.31. The van der Waals surface area contributed by atoms with Crippen LogP contribution in [0.4, 0.5) is 4.39 Å². The number of benzene rings is 1. The van der Waals surface area contributed by atoms with Gasteiger partial charge >= 0.3 is 0 Å². The minimum Gasteiger partial charge on any atom is -0.379 e. The number of H-pyrrole nitrogens is 1. The van der Waals surface area contributed by atoms with Crippen LogP contribution >= 0.6 is 23.1 Å². The number of aromatic amines is 1. The molecule has 0 aliphatic heterocycles. The third kappa shape index (κ3) is 4.13. The van der Waals surface area contributed by atoms with E-state index in [9.17, 15) is 9.18 Å². The van der Waals surface area contributed by atoms with Crippen molar-refractivity contribution in [2.24, 2.45) is 10.7 Å². The first-order chi connectivity index (χ1) is 12.5. The number of nitrogens with zero attached hydrogens (tertiary/aromatic N) is 2. The Labute approximate surface area is 158 Å². The molecule has 0 fully saturated rings. The van der Waals surface area contributed by atoms with E-state index in [0.717, 1.165) is 17.5 Å². The number of hydrogen-bond acceptors (Lipinski definition) is 5. The number of thioether (sulfide) groups is 1. The Bertz CT molecular complexity index is 995. The largest absolute Gasteiger partial charge is 0.379 e. The van der Waals surface area contributed by atoms with Gasteiger partial charge in [-0.1, -0.05) is 30.8 Å². The zero-order valence-electron chi connectivity index (χ0n) is 14.5. The van der Waals surface area contributed by atoms with Gasteiger partial charge in [0.2, 0.25) is 0 Å². The molecule has 2 aromatic heterocycles. The number of nitrogens with two attached hydrogens (primary N) is 1. The standard InChI is InChI=1S/C18H19FN4OS2/c1-3-10(2)21-18(20)26-9-14-22-16(24)15-13(8-25-17(15)23-14)11-4-6-12(19)7-5-11/h4-8,10H,3,9H2,1-2H3,(H2,20,21)(H,22,23,24)/t10-/m0/s1. The van der Waals surface area contributed by atoms with Crippen LogP contribution < -0.4 is 11.3 Å². The Balaban J connectivity index is 1.87. The van der Waals surface area contributed by atoms with E-state index in [1.807, 2.05) is 12.3 Å². The first-order valence-electron chi connectivity index (χ1n) is 8.20. The van der Waals surface area contributed by atoms with Gasteiger partial charge in [-0.15, -0.1) is 11.3 Å². The van der Waals surface area contributed by atoms with Crippen LogP contribution in [-0.4, -0.2) is 21.2 Å². The predicted octanol–water partition coefficient (Wildman–Crippen LogP) is 4.14. The summed E-state index contributed by atoms with van der Waals surface area (Å²) in [4.78, 5) is 24.9. The lowest BCUT2D eigenvalue weighted by Crippen LogP contribution is -2.14. The van der Waals surface area contributed by atoms with Crippen LogP contribution in [0.5, 0.6) is 0 Å². The van der Waals surface area contributed by atoms with Crippen molar-refractivity contribution >= 4 is 38.5 Å². The molecule has 0 saturated heterocycles. The summed E-state index contributed by atoms with van der Waals surface area (Å²) in [7, 11) is 0. The Morgan fingerprint density at radius 2 is 2.15 bits per heavy atom. The predicted molar refractivity (Wildman–Crippen MR) is 108 cm³/mol. The third-order valence-electron chi connectivity index (χ3n) is 3.94. The lowest BCUT2D eigenvalue weighted by Gasteiger charge is -2.05. The second-order valence-corrected chi connectivity index (χ2v) is 7.72. The van der Waals surface area contributed by atoms with Crippen LogP contribution in [0.1, 0.15) is 26.1 Å². The zero-order valence-corrected chi connectivity index (χ0v) is 16.1. The van der Waals surface area contributed by atoms with Crippen molar-refractivity contribution in [2.45, 2.75) is 32.1 Å². The van der Waals surface area contributed by atoms with Crippen molar-refractivity contribution in [1.82, 2.24) is 9.97 Å². The van der Waals surface area contributed by atoms with Crippen LogP contribution in [0.25, 0.3) is 21.3 Å². The molecule has 8 heteroatoms. The van der Waals surface area contributed by atoms with E-state index in [1.165, 1.54) is 35.2 Å². The molecule has 1 aromatic carbocycles. The van der Waals surface area contributed by atoms with Crippen molar-refractivity contribution in [3.8, 4) is 11.1 Å². The fourth-order valence-corrected chi connectivity index (χ4v) is 4.03. The fraction of sp³-hybridized carbons (Fsp3) is 0.278. The summed E-state index contributed by atoms with van der Waals surface area (Å²) < 4.78 is 13.1. The molecule has 0 amide bonds. The van der Waals surface area contributed by atoms with Gasteiger partial charge in [0.1, 0.15) is 16.5 Å². The first-order valence-corrected chi connectivity index (χ1v) is 10.1. The molecule has 2 heterocycles. The number of halogens is 1. The molecule has 3 rings (SSSR count). The summed E-state index contributed by atoms with van der Waals surface area (Å²) in [5.74, 6) is 0.694. The van der Waals surface area contributed by atoms with Gasteiger partial charge in [-0.3, -0.25) is 9.79 Å². The number of aromatic nitrogens is 2. The smallest absolute Gasteiger partial charge is 0.260 e. The average Bonchev–Trinajstić information content (AvgIpc) is 3.05. The monoisotopic (exact) mass is 390 g/mol. The maximum Gasteiger partial charge on any atom is 0.260 e. The minimum atomic E-state index is -0.309. The minimum absolute atomic E-state index is 0.174. The van der Waals surface area contributed by atoms with Crippen molar-refractivity contribution < 1.29 is 4.39 Å². The molecule has 0 saturated carbocycles. The van der Waals surface area contributed by atoms with Gasteiger partial charge in [0, 0.05) is 17.0 Å². The van der Waals surface area contributed by atoms with Crippen LogP contribution in [0.15, 0.2) is 39.4 Å². The molecule has 3 N–H and O–H groups in total. The van der Waals surface area contributed by atoms with Crippen molar-refractivity contribution in [3.63, 3.8) is 0 Å². The van der Waals surface area contributed by atoms with Crippen LogP contribution in [0.2, 0.25) is 0 Å². The lowest BCUT2D eigenvalue weighted by molar-refractivity contribution is 0.628. The summed E-state index contributed by atoms with van der Waals surface area (Å²) in [5.41, 5.74) is 7.25. The number of hydrogen-bond donors (Lipinski definition) is 2. The molecular weight excluding hydrogens is 371 g/mol. The van der Waals surface area contributed by atoms with E-state index in [1.54, 1.807) is 12.1 Å². The number of amidine groups is 1. The van der Waals surface area contributed by atoms with Crippen molar-refractivity contribution in [1.29, 1.82) is 0 Å². The second-order valence-electron chi connectivity index (χ2n) is 5.86. The Hall–Kier alpha value is -2.19. The number of fused-ring (bicyclic) bond motifs is 1. The molecule has 0 spiro atoms. The molecule has 1 atom stereocenters. The van der Waals surface area contributed by atoms with Gasteiger partial charge in [0.25, 0.3) is 5.56 Å². The van der Waals surface area contributed by atoms with Crippen LogP contribution in [-0.2, 0) is 5.75 Å². The summed E-state index contributed by atoms with van der Waals surface area (Å²) in [6.45, 7) is 4.05. The quantitative estimate of drug-likeness (QED) is 0.507. The molecule has 0 bridgehead atoms. The average molecular weight is 391 g/mol. The van der Waals surface area contributed by atoms with Gasteiger partial charge in [0.05, 0.1) is 11.1 Å². The highest BCUT2D eigenvalue weighted by Gasteiger charge is 2.13. The van der Waals surface area contributed by atoms with E-state index in [2.05, 4.69) is 21.9 Å². The highest BCUT2D eigenvalue weighted by molar-refractivity contribution is 8.13. The molecule has 26 heavy (non-hydrogen) atoms. The molecule has 5 nitrogen and oxygen atoms in total. The van der Waals surface area contributed by atoms with Gasteiger partial charge in [-0.25, -0.2) is 9.37 Å². The topological polar surface area (TPSA) is 84.1 Å². The van der Waals surface area contributed by atoms with Gasteiger partial charge in [0.15, 0.2) is 5.17 Å². The Kier molecular flexibility index (Phi) is 5.73. The normalized spacial score (nSPS) is 13.3. The second kappa shape index (κ2) is 8.01. The van der Waals surface area contributed by atoms with E-state index >= 15 is 0 Å². The van der Waals surface area contributed by atoms with Gasteiger partial charge in [-0.2, -0.15) is 0 Å². The summed E-state index contributed by atoms with van der Waals surface area (Å²) in [6.07, 6.45) is 0.920. The van der Waals surface area contributed by atoms with Crippen molar-refractivity contribution in [2.75, 3.05) is 0 Å². The van der Waals surface area contributed by atoms with Gasteiger partial charge < -0.3 is 10.7 Å². The third-order valence-corrected chi connectivity index (χ3v) is 5.63. The van der Waals surface area contributed by atoms with E-state index in [4.69, 9.17) is 5.73 Å². The lowest BCUT2D eigenvalue weighted by atomic mass is 10.1. The highest BCUT2D eigenvalue weighted by atomic mass is 32.2. The number of thiophene rings is 1. The van der Waals surface area contributed by atoms with E-state index in [-0.39, 0.29) is 17.4 Å². The summed E-state index contributed by atoms with van der Waals surface area (Å²) >= 11 is 2.75. The summed E-state index contributed by atoms with van der Waals surface area (Å²) in [6, 6.07) is 6.25. The van der Waals surface area contributed by atoms with E-state index in [0.29, 0.717) is 27.0 Å². The summed E-state index contributed by atoms with van der Waals surface area (Å²) in [5, 5.41) is 2.88. The number of aliphatic imine (C=N–C) groups is 1. The molecular formula is C18H19FN4OS2. The van der Waals surface area contributed by atoms with E-state index < -0.39 is 0 Å². The SMILES string of the molecule is CC[C@H](C)N=C(N)SCc1nc2scc(-c3ccc(F)cc3)c2c(=O)[nH]1. The van der Waals surface area contributed by atoms with Crippen molar-refractivity contribution in [3.05, 3.63) is 51.6 Å². The van der Waals surface area contributed by atoms with Gasteiger partial charge in [-0.05, 0) is 31.0 Å². The molecule has 0 aliphatic rings. The molecule has 136 valence electrons. The maximum atomic E-state index is 13.1. The molecule has 0 radical (unpaired) electrons. The maximum absolute atomic E-state index is 13.1. The van der Waals surface area contributed by atoms with Crippen LogP contribution in [0, 0.1) is 5.82 Å². The molecule has 0 aliphatic carbocycles. The number of rotatable bonds is 5. The number of nitrogens with one attached hydrogen (secondary N) is 1. The fourth-order valence-electron chi connectivity index (χ4n) is 2.39. The van der Waals surface area contributed by atoms with Crippen LogP contribution in [0.3, 0.4) is 0 Å². The zero-order chi connectivity index (χ0) is 18.7. The first kappa shape index (κ1) is 18.6.